The molecule has 1 heterocycles. The van der Waals surface area contributed by atoms with Crippen LogP contribution in [0, 0.1) is 0 Å². The zero-order valence-corrected chi connectivity index (χ0v) is 7.77. The van der Waals surface area contributed by atoms with E-state index in [1.54, 1.807) is 0 Å². The summed E-state index contributed by atoms with van der Waals surface area (Å²) in [6.07, 6.45) is 1.92. The normalized spacial score (nSPS) is 25.8. The fourth-order valence-electron chi connectivity index (χ4n) is 1.27. The molecule has 1 fully saturated rings. The van der Waals surface area contributed by atoms with E-state index in [1.165, 1.54) is 14.2 Å². The first-order valence-corrected chi connectivity index (χ1v) is 5.28. The van der Waals surface area contributed by atoms with Crippen molar-refractivity contribution in [2.75, 3.05) is 20.8 Å². The monoisotopic (exact) mass is 179 g/mol. The first-order valence-electron chi connectivity index (χ1n) is 3.67. The maximum atomic E-state index is 11.6. The van der Waals surface area contributed by atoms with E-state index in [0.717, 1.165) is 19.4 Å². The average molecular weight is 179 g/mol. The van der Waals surface area contributed by atoms with Gasteiger partial charge >= 0.3 is 7.60 Å². The summed E-state index contributed by atoms with van der Waals surface area (Å²) in [6, 6.07) is 0. The summed E-state index contributed by atoms with van der Waals surface area (Å²) in [5.74, 6) is -0.0995. The van der Waals surface area contributed by atoms with Gasteiger partial charge in [0.25, 0.3) is 0 Å². The predicted octanol–water partition coefficient (Wildman–Crippen LogP) is 1.18. The third-order valence-electron chi connectivity index (χ3n) is 1.92. The average Bonchev–Trinajstić information content (AvgIpc) is 2.55. The number of hydrogen-bond acceptors (Lipinski definition) is 4. The molecule has 0 bridgehead atoms. The van der Waals surface area contributed by atoms with Crippen LogP contribution in [0.5, 0.6) is 0 Å². The van der Waals surface area contributed by atoms with Crippen molar-refractivity contribution in [1.82, 2.24) is 5.32 Å². The Balaban J connectivity index is 2.60. The molecule has 0 spiro atoms. The lowest BCUT2D eigenvalue weighted by atomic mass is 10.4. The Morgan fingerprint density at radius 3 is 2.45 bits per heavy atom. The summed E-state index contributed by atoms with van der Waals surface area (Å²) in [7, 11) is 0.00193. The highest BCUT2D eigenvalue weighted by molar-refractivity contribution is 7.54. The van der Waals surface area contributed by atoms with Crippen LogP contribution in [-0.4, -0.2) is 26.5 Å². The molecule has 11 heavy (non-hydrogen) atoms. The van der Waals surface area contributed by atoms with Gasteiger partial charge < -0.3 is 14.4 Å². The van der Waals surface area contributed by atoms with Gasteiger partial charge in [-0.15, -0.1) is 0 Å². The summed E-state index contributed by atoms with van der Waals surface area (Å²) in [4.78, 5) is 0. The highest BCUT2D eigenvalue weighted by atomic mass is 31.2. The molecule has 1 aliphatic heterocycles. The standard InChI is InChI=1S/C6H14NO3P/c1-9-11(8,10-2)6-4-3-5-7-6/h6-7H,3-5H2,1-2H3. The Kier molecular flexibility index (Phi) is 3.07. The lowest BCUT2D eigenvalue weighted by Gasteiger charge is -2.19. The van der Waals surface area contributed by atoms with E-state index in [9.17, 15) is 4.57 Å². The zero-order valence-electron chi connectivity index (χ0n) is 6.87. The molecule has 1 saturated heterocycles. The van der Waals surface area contributed by atoms with Gasteiger partial charge in [0.05, 0.1) is 0 Å². The molecule has 1 rings (SSSR count). The summed E-state index contributed by atoms with van der Waals surface area (Å²) >= 11 is 0. The van der Waals surface area contributed by atoms with Gasteiger partial charge in [-0.25, -0.2) is 0 Å². The van der Waals surface area contributed by atoms with Gasteiger partial charge in [-0.3, -0.25) is 4.57 Å². The highest BCUT2D eigenvalue weighted by Crippen LogP contribution is 2.52. The van der Waals surface area contributed by atoms with Crippen molar-refractivity contribution < 1.29 is 13.6 Å². The van der Waals surface area contributed by atoms with Crippen LogP contribution in [0.4, 0.5) is 0 Å². The minimum Gasteiger partial charge on any atom is -0.311 e. The van der Waals surface area contributed by atoms with Crippen LogP contribution >= 0.6 is 7.60 Å². The summed E-state index contributed by atoms with van der Waals surface area (Å²) in [5, 5.41) is 3.09. The van der Waals surface area contributed by atoms with Crippen molar-refractivity contribution in [3.63, 3.8) is 0 Å². The van der Waals surface area contributed by atoms with Gasteiger partial charge in [0, 0.05) is 14.2 Å². The highest BCUT2D eigenvalue weighted by Gasteiger charge is 2.35. The fraction of sp³-hybridized carbons (Fsp3) is 1.00. The first kappa shape index (κ1) is 9.20. The van der Waals surface area contributed by atoms with Crippen molar-refractivity contribution in [2.24, 2.45) is 0 Å². The Morgan fingerprint density at radius 2 is 2.09 bits per heavy atom. The smallest absolute Gasteiger partial charge is 0.311 e. The van der Waals surface area contributed by atoms with Crippen molar-refractivity contribution >= 4 is 7.60 Å². The summed E-state index contributed by atoms with van der Waals surface area (Å²) < 4.78 is 21.3. The molecule has 0 saturated carbocycles. The van der Waals surface area contributed by atoms with Crippen molar-refractivity contribution in [2.45, 2.75) is 18.6 Å². The number of nitrogens with one attached hydrogen (secondary N) is 1. The Labute approximate surface area is 66.8 Å². The van der Waals surface area contributed by atoms with Crippen LogP contribution in [0.1, 0.15) is 12.8 Å². The third-order valence-corrected chi connectivity index (χ3v) is 4.15. The molecule has 0 radical (unpaired) electrons. The van der Waals surface area contributed by atoms with Gasteiger partial charge in [-0.2, -0.15) is 0 Å². The second-order valence-electron chi connectivity index (χ2n) is 2.52. The molecule has 0 amide bonds. The Bertz CT molecular complexity index is 159. The van der Waals surface area contributed by atoms with E-state index in [1.807, 2.05) is 0 Å². The first-order chi connectivity index (χ1) is 5.23. The SMILES string of the molecule is COP(=O)(OC)C1CCCN1. The van der Waals surface area contributed by atoms with E-state index in [-0.39, 0.29) is 5.78 Å². The van der Waals surface area contributed by atoms with E-state index < -0.39 is 7.60 Å². The van der Waals surface area contributed by atoms with Crippen LogP contribution < -0.4 is 5.32 Å². The summed E-state index contributed by atoms with van der Waals surface area (Å²) in [6.45, 7) is 0.904. The lowest BCUT2D eigenvalue weighted by molar-refractivity contribution is 0.262. The Hall–Kier alpha value is 0.110. The van der Waals surface area contributed by atoms with E-state index in [4.69, 9.17) is 9.05 Å². The molecule has 0 aliphatic carbocycles. The molecule has 1 unspecified atom stereocenters. The van der Waals surface area contributed by atoms with Crippen molar-refractivity contribution in [3.8, 4) is 0 Å². The van der Waals surface area contributed by atoms with Crippen LogP contribution in [0.3, 0.4) is 0 Å². The molecule has 0 aromatic heterocycles. The molecule has 0 aromatic rings. The third kappa shape index (κ3) is 1.82. The molecular weight excluding hydrogens is 165 g/mol. The van der Waals surface area contributed by atoms with Crippen LogP contribution in [-0.2, 0) is 13.6 Å². The minimum atomic E-state index is -2.84. The van der Waals surface area contributed by atoms with Crippen molar-refractivity contribution in [1.29, 1.82) is 0 Å². The molecule has 66 valence electrons. The molecule has 1 N–H and O–H groups in total. The van der Waals surface area contributed by atoms with Gasteiger partial charge in [-0.05, 0) is 19.4 Å². The molecule has 1 atom stereocenters. The maximum Gasteiger partial charge on any atom is 0.346 e. The van der Waals surface area contributed by atoms with Gasteiger partial charge in [-0.1, -0.05) is 0 Å². The van der Waals surface area contributed by atoms with Gasteiger partial charge in [0.2, 0.25) is 0 Å². The van der Waals surface area contributed by atoms with E-state index >= 15 is 0 Å². The van der Waals surface area contributed by atoms with Crippen LogP contribution in [0.15, 0.2) is 0 Å². The molecule has 5 heteroatoms. The summed E-state index contributed by atoms with van der Waals surface area (Å²) in [5.41, 5.74) is 0. The predicted molar refractivity (Wildman–Crippen MR) is 42.6 cm³/mol. The lowest BCUT2D eigenvalue weighted by Crippen LogP contribution is -2.22. The molecule has 0 aromatic carbocycles. The zero-order chi connectivity index (χ0) is 8.32. The van der Waals surface area contributed by atoms with Gasteiger partial charge in [0.1, 0.15) is 5.78 Å². The molecule has 4 nitrogen and oxygen atoms in total. The maximum absolute atomic E-state index is 11.6. The van der Waals surface area contributed by atoms with Gasteiger partial charge in [0.15, 0.2) is 0 Å². The largest absolute Gasteiger partial charge is 0.346 e. The quantitative estimate of drug-likeness (QED) is 0.661. The van der Waals surface area contributed by atoms with Crippen molar-refractivity contribution in [3.05, 3.63) is 0 Å². The topological polar surface area (TPSA) is 47.6 Å². The minimum absolute atomic E-state index is 0.0995. The number of rotatable bonds is 3. The van der Waals surface area contributed by atoms with E-state index in [2.05, 4.69) is 5.32 Å². The molecular formula is C6H14NO3P. The second kappa shape index (κ2) is 3.68. The van der Waals surface area contributed by atoms with Crippen LogP contribution in [0.2, 0.25) is 0 Å². The van der Waals surface area contributed by atoms with Crippen LogP contribution in [0.25, 0.3) is 0 Å². The Morgan fingerprint density at radius 1 is 1.45 bits per heavy atom. The van der Waals surface area contributed by atoms with E-state index in [0.29, 0.717) is 0 Å². The fourth-order valence-corrected chi connectivity index (χ4v) is 2.77. The molecule has 1 aliphatic rings. The number of hydrogen-bond donors (Lipinski definition) is 1. The second-order valence-corrected chi connectivity index (χ2v) is 4.95.